The molecule has 0 spiro atoms. The van der Waals surface area contributed by atoms with Gasteiger partial charge in [0, 0.05) is 34.8 Å². The Morgan fingerprint density at radius 2 is 2.12 bits per heavy atom. The summed E-state index contributed by atoms with van der Waals surface area (Å²) in [6.45, 7) is 7.64. The second kappa shape index (κ2) is 9.48. The molecule has 3 heterocycles. The summed E-state index contributed by atoms with van der Waals surface area (Å²) in [6, 6.07) is 1.10. The van der Waals surface area contributed by atoms with Crippen LogP contribution in [0.5, 0.6) is 0 Å². The number of allylic oxidation sites excluding steroid dienone is 3. The third-order valence-electron chi connectivity index (χ3n) is 5.60. The number of H-pyrrole nitrogens is 1. The van der Waals surface area contributed by atoms with Crippen LogP contribution in [0.3, 0.4) is 0 Å². The number of fused-ring (bicyclic) bond motifs is 1. The van der Waals surface area contributed by atoms with Gasteiger partial charge in [-0.05, 0) is 19.9 Å². The maximum absolute atomic E-state index is 14.7. The molecule has 0 saturated carbocycles. The van der Waals surface area contributed by atoms with Gasteiger partial charge in [-0.2, -0.15) is 0 Å². The monoisotopic (exact) mass is 457 g/mol. The van der Waals surface area contributed by atoms with Gasteiger partial charge in [0.05, 0.1) is 17.6 Å². The molecule has 3 rings (SSSR count). The van der Waals surface area contributed by atoms with Crippen molar-refractivity contribution in [1.29, 1.82) is 0 Å². The summed E-state index contributed by atoms with van der Waals surface area (Å²) >= 11 is 6.07. The lowest BCUT2D eigenvalue weighted by molar-refractivity contribution is -0.137. The molecule has 0 aliphatic heterocycles. The van der Waals surface area contributed by atoms with Crippen LogP contribution in [0.15, 0.2) is 48.5 Å². The van der Waals surface area contributed by atoms with Crippen LogP contribution in [-0.4, -0.2) is 37.1 Å². The van der Waals surface area contributed by atoms with Gasteiger partial charge in [0.25, 0.3) is 0 Å². The number of aromatic amines is 1. The van der Waals surface area contributed by atoms with Crippen molar-refractivity contribution in [2.24, 2.45) is 5.41 Å². The molecule has 0 aliphatic carbocycles. The standard InChI is InChI=1S/C23H25ClFN5O2/c1-5-6-7-13(2)23(3,4)18(9-19(31)32)29-22-17(25)12-28-21(30-22)16-11-27-20-15(16)8-14(24)10-26-20/h5-8,10-12,18H,9H2,1-4H3,(H,26,27)(H,31,32)(H,28,29,30)/b6-5-,13-7+. The Morgan fingerprint density at radius 1 is 1.38 bits per heavy atom. The van der Waals surface area contributed by atoms with Gasteiger partial charge in [0.15, 0.2) is 17.5 Å². The number of anilines is 1. The number of nitrogens with one attached hydrogen (secondary N) is 2. The number of carboxylic acids is 1. The first kappa shape index (κ1) is 23.4. The van der Waals surface area contributed by atoms with Gasteiger partial charge in [-0.3, -0.25) is 4.79 Å². The lowest BCUT2D eigenvalue weighted by Crippen LogP contribution is -2.39. The topological polar surface area (TPSA) is 104 Å². The molecule has 3 aromatic rings. The van der Waals surface area contributed by atoms with E-state index in [1.807, 2.05) is 45.9 Å². The van der Waals surface area contributed by atoms with Gasteiger partial charge in [0.1, 0.15) is 5.65 Å². The second-order valence-corrected chi connectivity index (χ2v) is 8.47. The minimum Gasteiger partial charge on any atom is -0.481 e. The average Bonchev–Trinajstić information content (AvgIpc) is 3.15. The fourth-order valence-electron chi connectivity index (χ4n) is 3.32. The molecule has 168 valence electrons. The summed E-state index contributed by atoms with van der Waals surface area (Å²) in [5, 5.41) is 13.6. The number of pyridine rings is 1. The Labute approximate surface area is 190 Å². The molecule has 0 fully saturated rings. The van der Waals surface area contributed by atoms with Crippen molar-refractivity contribution in [2.75, 3.05) is 5.32 Å². The summed E-state index contributed by atoms with van der Waals surface area (Å²) in [6.07, 6.45) is 9.72. The zero-order valence-corrected chi connectivity index (χ0v) is 19.0. The number of nitrogens with zero attached hydrogens (tertiary/aromatic N) is 3. The van der Waals surface area contributed by atoms with Gasteiger partial charge >= 0.3 is 5.97 Å². The van der Waals surface area contributed by atoms with Crippen LogP contribution in [0.1, 0.15) is 34.1 Å². The maximum Gasteiger partial charge on any atom is 0.305 e. The zero-order valence-electron chi connectivity index (χ0n) is 18.3. The SMILES string of the molecule is C/C=C\C=C(/C)C(C)(C)C(CC(=O)O)Nc1nc(-c2c[nH]c3ncc(Cl)cc23)ncc1F. The molecule has 3 aromatic heterocycles. The zero-order chi connectivity index (χ0) is 23.5. The van der Waals surface area contributed by atoms with Crippen LogP contribution in [-0.2, 0) is 4.79 Å². The van der Waals surface area contributed by atoms with Gasteiger partial charge < -0.3 is 15.4 Å². The summed E-state index contributed by atoms with van der Waals surface area (Å²) in [5.41, 5.74) is 1.55. The van der Waals surface area contributed by atoms with Crippen LogP contribution >= 0.6 is 11.6 Å². The quantitative estimate of drug-likeness (QED) is 0.379. The van der Waals surface area contributed by atoms with Crippen molar-refractivity contribution in [3.05, 3.63) is 59.3 Å². The number of carboxylic acid groups (broad SMARTS) is 1. The molecule has 3 N–H and O–H groups in total. The molecule has 9 heteroatoms. The smallest absolute Gasteiger partial charge is 0.305 e. The number of aliphatic carboxylic acids is 1. The van der Waals surface area contributed by atoms with Crippen molar-refractivity contribution in [3.8, 4) is 11.4 Å². The number of halogens is 2. The predicted molar refractivity (Wildman–Crippen MR) is 124 cm³/mol. The van der Waals surface area contributed by atoms with E-state index < -0.39 is 23.2 Å². The minimum atomic E-state index is -0.999. The van der Waals surface area contributed by atoms with Crippen LogP contribution < -0.4 is 5.32 Å². The largest absolute Gasteiger partial charge is 0.481 e. The van der Waals surface area contributed by atoms with E-state index in [2.05, 4.69) is 25.3 Å². The molecule has 0 bridgehead atoms. The highest BCUT2D eigenvalue weighted by Gasteiger charge is 2.34. The van der Waals surface area contributed by atoms with E-state index in [-0.39, 0.29) is 18.1 Å². The number of hydrogen-bond donors (Lipinski definition) is 3. The van der Waals surface area contributed by atoms with Crippen LogP contribution in [0, 0.1) is 11.2 Å². The second-order valence-electron chi connectivity index (χ2n) is 8.03. The highest BCUT2D eigenvalue weighted by molar-refractivity contribution is 6.31. The molecular weight excluding hydrogens is 433 g/mol. The first-order valence-electron chi connectivity index (χ1n) is 10.1. The molecule has 1 unspecified atom stereocenters. The van der Waals surface area contributed by atoms with E-state index in [4.69, 9.17) is 11.6 Å². The van der Waals surface area contributed by atoms with Crippen molar-refractivity contribution in [3.63, 3.8) is 0 Å². The van der Waals surface area contributed by atoms with Crippen molar-refractivity contribution in [1.82, 2.24) is 19.9 Å². The number of rotatable bonds is 8. The summed E-state index contributed by atoms with van der Waals surface area (Å²) in [5.74, 6) is -1.48. The van der Waals surface area contributed by atoms with E-state index in [0.717, 1.165) is 11.8 Å². The van der Waals surface area contributed by atoms with Gasteiger partial charge in [-0.15, -0.1) is 0 Å². The van der Waals surface area contributed by atoms with E-state index in [9.17, 15) is 14.3 Å². The van der Waals surface area contributed by atoms with Gasteiger partial charge in [-0.1, -0.05) is 49.2 Å². The number of aromatic nitrogens is 4. The van der Waals surface area contributed by atoms with E-state index in [1.54, 1.807) is 12.3 Å². The molecule has 0 amide bonds. The normalized spacial score (nSPS) is 13.6. The minimum absolute atomic E-state index is 0.0718. The Hall–Kier alpha value is -3.26. The molecular formula is C23H25ClFN5O2. The highest BCUT2D eigenvalue weighted by Crippen LogP contribution is 2.35. The Morgan fingerprint density at radius 3 is 2.81 bits per heavy atom. The lowest BCUT2D eigenvalue weighted by atomic mass is 9.76. The van der Waals surface area contributed by atoms with E-state index in [0.29, 0.717) is 21.6 Å². The van der Waals surface area contributed by atoms with Crippen molar-refractivity contribution < 1.29 is 14.3 Å². The van der Waals surface area contributed by atoms with E-state index in [1.165, 1.54) is 6.20 Å². The van der Waals surface area contributed by atoms with Gasteiger partial charge in [0.2, 0.25) is 0 Å². The Balaban J connectivity index is 2.02. The lowest BCUT2D eigenvalue weighted by Gasteiger charge is -2.35. The average molecular weight is 458 g/mol. The molecule has 0 saturated heterocycles. The third-order valence-corrected chi connectivity index (χ3v) is 5.81. The molecule has 7 nitrogen and oxygen atoms in total. The van der Waals surface area contributed by atoms with Crippen LogP contribution in [0.4, 0.5) is 10.2 Å². The molecule has 0 aliphatic rings. The Kier molecular flexibility index (Phi) is 6.93. The van der Waals surface area contributed by atoms with E-state index >= 15 is 0 Å². The highest BCUT2D eigenvalue weighted by atomic mass is 35.5. The van der Waals surface area contributed by atoms with Crippen LogP contribution in [0.2, 0.25) is 5.02 Å². The molecule has 32 heavy (non-hydrogen) atoms. The third kappa shape index (κ3) is 4.96. The van der Waals surface area contributed by atoms with Crippen molar-refractivity contribution >= 4 is 34.4 Å². The summed E-state index contributed by atoms with van der Waals surface area (Å²) in [7, 11) is 0. The fraction of sp³-hybridized carbons (Fsp3) is 0.304. The maximum atomic E-state index is 14.7. The fourth-order valence-corrected chi connectivity index (χ4v) is 3.48. The van der Waals surface area contributed by atoms with Gasteiger partial charge in [-0.25, -0.2) is 19.3 Å². The molecule has 0 aromatic carbocycles. The first-order chi connectivity index (χ1) is 15.1. The molecule has 1 atom stereocenters. The number of carbonyl (C=O) groups is 1. The molecule has 0 radical (unpaired) electrons. The summed E-state index contributed by atoms with van der Waals surface area (Å²) in [4.78, 5) is 27.3. The Bertz CT molecular complexity index is 1200. The number of hydrogen-bond acceptors (Lipinski definition) is 5. The predicted octanol–water partition coefficient (Wildman–Crippen LogP) is 5.62. The van der Waals surface area contributed by atoms with Crippen LogP contribution in [0.25, 0.3) is 22.4 Å². The van der Waals surface area contributed by atoms with Crippen molar-refractivity contribution in [2.45, 2.75) is 40.2 Å². The first-order valence-corrected chi connectivity index (χ1v) is 10.4. The summed E-state index contributed by atoms with van der Waals surface area (Å²) < 4.78 is 14.7.